The topological polar surface area (TPSA) is 35.2 Å². The SMILES string of the molecule is COC(CN)CC(C)(C)C. The van der Waals surface area contributed by atoms with Gasteiger partial charge < -0.3 is 10.5 Å². The zero-order valence-electron chi connectivity index (χ0n) is 7.48. The van der Waals surface area contributed by atoms with Crippen LogP contribution >= 0.6 is 0 Å². The summed E-state index contributed by atoms with van der Waals surface area (Å²) in [4.78, 5) is 0. The highest BCUT2D eigenvalue weighted by atomic mass is 16.5. The van der Waals surface area contributed by atoms with Crippen LogP contribution in [-0.4, -0.2) is 19.8 Å². The molecule has 0 radical (unpaired) electrons. The van der Waals surface area contributed by atoms with Gasteiger partial charge in [0.2, 0.25) is 0 Å². The molecule has 0 aliphatic rings. The van der Waals surface area contributed by atoms with Gasteiger partial charge in [0.25, 0.3) is 0 Å². The summed E-state index contributed by atoms with van der Waals surface area (Å²) in [5.41, 5.74) is 5.78. The second kappa shape index (κ2) is 3.94. The molecule has 0 amide bonds. The first-order chi connectivity index (χ1) is 4.49. The quantitative estimate of drug-likeness (QED) is 0.651. The molecule has 0 spiro atoms. The predicted molar refractivity (Wildman–Crippen MR) is 43.9 cm³/mol. The summed E-state index contributed by atoms with van der Waals surface area (Å²) < 4.78 is 5.15. The molecule has 0 saturated heterocycles. The molecule has 0 aliphatic heterocycles. The maximum atomic E-state index is 5.47. The molecule has 1 atom stereocenters. The van der Waals surface area contributed by atoms with Gasteiger partial charge >= 0.3 is 0 Å². The van der Waals surface area contributed by atoms with Crippen molar-refractivity contribution in [3.8, 4) is 0 Å². The molecule has 0 aliphatic carbocycles. The summed E-state index contributed by atoms with van der Waals surface area (Å²) in [6.45, 7) is 7.19. The number of ether oxygens (including phenoxy) is 1. The van der Waals surface area contributed by atoms with Gasteiger partial charge in [0, 0.05) is 13.7 Å². The van der Waals surface area contributed by atoms with Crippen LogP contribution in [0, 0.1) is 5.41 Å². The minimum Gasteiger partial charge on any atom is -0.380 e. The van der Waals surface area contributed by atoms with E-state index in [0.717, 1.165) is 6.42 Å². The van der Waals surface area contributed by atoms with Crippen LogP contribution in [0.5, 0.6) is 0 Å². The summed E-state index contributed by atoms with van der Waals surface area (Å²) >= 11 is 0. The third-order valence-electron chi connectivity index (χ3n) is 1.44. The third kappa shape index (κ3) is 4.77. The Kier molecular flexibility index (Phi) is 3.91. The Morgan fingerprint density at radius 2 is 1.90 bits per heavy atom. The summed E-state index contributed by atoms with van der Waals surface area (Å²) in [7, 11) is 1.71. The van der Waals surface area contributed by atoms with Crippen molar-refractivity contribution < 1.29 is 4.74 Å². The number of methoxy groups -OCH3 is 1. The summed E-state index contributed by atoms with van der Waals surface area (Å²) in [6.07, 6.45) is 1.25. The number of hydrogen-bond acceptors (Lipinski definition) is 2. The molecule has 0 bridgehead atoms. The van der Waals surface area contributed by atoms with E-state index in [4.69, 9.17) is 10.5 Å². The Morgan fingerprint density at radius 3 is 2.00 bits per heavy atom. The molecule has 0 fully saturated rings. The highest BCUT2D eigenvalue weighted by molar-refractivity contribution is 4.69. The molecule has 0 saturated carbocycles. The molecule has 0 aromatic rings. The van der Waals surface area contributed by atoms with Gasteiger partial charge in [-0.2, -0.15) is 0 Å². The van der Waals surface area contributed by atoms with Crippen molar-refractivity contribution in [1.82, 2.24) is 0 Å². The summed E-state index contributed by atoms with van der Waals surface area (Å²) in [5.74, 6) is 0. The fourth-order valence-electron chi connectivity index (χ4n) is 0.946. The standard InChI is InChI=1S/C8H19NO/c1-8(2,3)5-7(6-9)10-4/h7H,5-6,9H2,1-4H3. The van der Waals surface area contributed by atoms with E-state index in [1.807, 2.05) is 0 Å². The molecule has 62 valence electrons. The van der Waals surface area contributed by atoms with Gasteiger partial charge in [-0.05, 0) is 11.8 Å². The summed E-state index contributed by atoms with van der Waals surface area (Å²) in [5, 5.41) is 0. The van der Waals surface area contributed by atoms with Crippen molar-refractivity contribution >= 4 is 0 Å². The fraction of sp³-hybridized carbons (Fsp3) is 1.00. The van der Waals surface area contributed by atoms with Crippen LogP contribution in [0.15, 0.2) is 0 Å². The second-order valence-corrected chi connectivity index (χ2v) is 3.86. The van der Waals surface area contributed by atoms with Gasteiger partial charge in [0.05, 0.1) is 6.10 Å². The largest absolute Gasteiger partial charge is 0.380 e. The van der Waals surface area contributed by atoms with Gasteiger partial charge in [-0.3, -0.25) is 0 Å². The van der Waals surface area contributed by atoms with E-state index in [1.165, 1.54) is 0 Å². The Hall–Kier alpha value is -0.0800. The number of nitrogens with two attached hydrogens (primary N) is 1. The van der Waals surface area contributed by atoms with E-state index in [-0.39, 0.29) is 6.10 Å². The first-order valence-electron chi connectivity index (χ1n) is 3.72. The fourth-order valence-corrected chi connectivity index (χ4v) is 0.946. The molecule has 0 heterocycles. The Bertz CT molecular complexity index is 81.7. The summed E-state index contributed by atoms with van der Waals surface area (Å²) in [6, 6.07) is 0. The molecular formula is C8H19NO. The van der Waals surface area contributed by atoms with E-state index < -0.39 is 0 Å². The number of hydrogen-bond donors (Lipinski definition) is 1. The van der Waals surface area contributed by atoms with E-state index in [9.17, 15) is 0 Å². The van der Waals surface area contributed by atoms with Crippen LogP contribution in [0.3, 0.4) is 0 Å². The van der Waals surface area contributed by atoms with Gasteiger partial charge in [0.15, 0.2) is 0 Å². The molecule has 1 unspecified atom stereocenters. The average Bonchev–Trinajstić information content (AvgIpc) is 1.81. The molecular weight excluding hydrogens is 126 g/mol. The van der Waals surface area contributed by atoms with Crippen LogP contribution in [-0.2, 0) is 4.74 Å². The van der Waals surface area contributed by atoms with Crippen LogP contribution < -0.4 is 5.73 Å². The molecule has 2 heteroatoms. The van der Waals surface area contributed by atoms with Crippen LogP contribution in [0.4, 0.5) is 0 Å². The molecule has 2 N–H and O–H groups in total. The minimum atomic E-state index is 0.222. The van der Waals surface area contributed by atoms with Crippen molar-refractivity contribution in [2.24, 2.45) is 11.1 Å². The monoisotopic (exact) mass is 145 g/mol. The van der Waals surface area contributed by atoms with E-state index in [1.54, 1.807) is 7.11 Å². The lowest BCUT2D eigenvalue weighted by molar-refractivity contribution is 0.0728. The van der Waals surface area contributed by atoms with Gasteiger partial charge in [-0.15, -0.1) is 0 Å². The average molecular weight is 145 g/mol. The van der Waals surface area contributed by atoms with E-state index in [2.05, 4.69) is 20.8 Å². The second-order valence-electron chi connectivity index (χ2n) is 3.86. The van der Waals surface area contributed by atoms with Crippen molar-refractivity contribution in [3.05, 3.63) is 0 Å². The Labute approximate surface area is 63.7 Å². The van der Waals surface area contributed by atoms with Crippen LogP contribution in [0.1, 0.15) is 27.2 Å². The zero-order valence-corrected chi connectivity index (χ0v) is 7.48. The smallest absolute Gasteiger partial charge is 0.0698 e. The van der Waals surface area contributed by atoms with E-state index in [0.29, 0.717) is 12.0 Å². The lowest BCUT2D eigenvalue weighted by Crippen LogP contribution is -2.27. The highest BCUT2D eigenvalue weighted by Crippen LogP contribution is 2.21. The third-order valence-corrected chi connectivity index (χ3v) is 1.44. The normalized spacial score (nSPS) is 15.3. The first kappa shape index (κ1) is 9.92. The Morgan fingerprint density at radius 1 is 1.40 bits per heavy atom. The lowest BCUT2D eigenvalue weighted by Gasteiger charge is -2.23. The highest BCUT2D eigenvalue weighted by Gasteiger charge is 2.16. The van der Waals surface area contributed by atoms with Gasteiger partial charge in [0.1, 0.15) is 0 Å². The minimum absolute atomic E-state index is 0.222. The van der Waals surface area contributed by atoms with E-state index >= 15 is 0 Å². The lowest BCUT2D eigenvalue weighted by atomic mass is 9.89. The van der Waals surface area contributed by atoms with Crippen molar-refractivity contribution in [2.75, 3.05) is 13.7 Å². The van der Waals surface area contributed by atoms with Crippen molar-refractivity contribution in [2.45, 2.75) is 33.3 Å². The molecule has 0 rings (SSSR count). The molecule has 0 aromatic heterocycles. The maximum Gasteiger partial charge on any atom is 0.0698 e. The van der Waals surface area contributed by atoms with Gasteiger partial charge in [-0.25, -0.2) is 0 Å². The van der Waals surface area contributed by atoms with Gasteiger partial charge in [-0.1, -0.05) is 20.8 Å². The van der Waals surface area contributed by atoms with Crippen molar-refractivity contribution in [1.29, 1.82) is 0 Å². The maximum absolute atomic E-state index is 5.47. The first-order valence-corrected chi connectivity index (χ1v) is 3.72. The van der Waals surface area contributed by atoms with Crippen LogP contribution in [0.2, 0.25) is 0 Å². The molecule has 10 heavy (non-hydrogen) atoms. The molecule has 0 aromatic carbocycles. The zero-order chi connectivity index (χ0) is 8.20. The molecule has 2 nitrogen and oxygen atoms in total. The van der Waals surface area contributed by atoms with Crippen LogP contribution in [0.25, 0.3) is 0 Å². The predicted octanol–water partition coefficient (Wildman–Crippen LogP) is 1.40. The van der Waals surface area contributed by atoms with Crippen molar-refractivity contribution in [3.63, 3.8) is 0 Å². The Balaban J connectivity index is 3.63. The number of rotatable bonds is 3.